The first-order valence-electron chi connectivity index (χ1n) is 3.42. The van der Waals surface area contributed by atoms with Gasteiger partial charge in [0, 0.05) is 0 Å². The molecule has 0 saturated carbocycles. The zero-order chi connectivity index (χ0) is 7.11. The van der Waals surface area contributed by atoms with E-state index in [1.807, 2.05) is 19.3 Å². The van der Waals surface area contributed by atoms with Crippen molar-refractivity contribution in [2.24, 2.45) is 0 Å². The number of unbranched alkanes of at least 4 members (excludes halogenated alkanes) is 1. The molecule has 0 bridgehead atoms. The first kappa shape index (κ1) is 8.41. The van der Waals surface area contributed by atoms with Crippen molar-refractivity contribution >= 4 is 6.29 Å². The zero-order valence-electron chi connectivity index (χ0n) is 6.11. The van der Waals surface area contributed by atoms with E-state index in [0.29, 0.717) is 0 Å². The van der Waals surface area contributed by atoms with E-state index in [-0.39, 0.29) is 0 Å². The summed E-state index contributed by atoms with van der Waals surface area (Å²) < 4.78 is 0. The molecule has 1 radical (unpaired) electrons. The van der Waals surface area contributed by atoms with Gasteiger partial charge in [-0.15, -0.1) is 0 Å². The summed E-state index contributed by atoms with van der Waals surface area (Å²) in [5.41, 5.74) is 0.803. The van der Waals surface area contributed by atoms with Crippen LogP contribution in [0.1, 0.15) is 33.1 Å². The van der Waals surface area contributed by atoms with E-state index in [0.717, 1.165) is 24.8 Å². The molecular formula is C8H13O. The predicted molar refractivity (Wildman–Crippen MR) is 39.0 cm³/mol. The van der Waals surface area contributed by atoms with Gasteiger partial charge in [0.2, 0.25) is 6.29 Å². The summed E-state index contributed by atoms with van der Waals surface area (Å²) in [6.45, 7) is 4.06. The maximum atomic E-state index is 10.0. The minimum atomic E-state index is 0.803. The van der Waals surface area contributed by atoms with Gasteiger partial charge in [0.15, 0.2) is 0 Å². The molecule has 0 aromatic rings. The minimum absolute atomic E-state index is 0.803. The van der Waals surface area contributed by atoms with Crippen molar-refractivity contribution in [3.05, 3.63) is 11.6 Å². The van der Waals surface area contributed by atoms with Gasteiger partial charge >= 0.3 is 0 Å². The predicted octanol–water partition coefficient (Wildman–Crippen LogP) is 2.23. The summed E-state index contributed by atoms with van der Waals surface area (Å²) in [4.78, 5) is 10.0. The topological polar surface area (TPSA) is 17.1 Å². The molecule has 0 spiro atoms. The number of allylic oxidation sites excluding steroid dienone is 2. The third kappa shape index (κ3) is 3.95. The Hall–Kier alpha value is -0.590. The molecule has 0 fully saturated rings. The summed E-state index contributed by atoms with van der Waals surface area (Å²) in [6, 6.07) is 0. The fourth-order valence-corrected chi connectivity index (χ4v) is 0.577. The quantitative estimate of drug-likeness (QED) is 0.526. The van der Waals surface area contributed by atoms with Gasteiger partial charge in [0.25, 0.3) is 0 Å². The second-order valence-corrected chi connectivity index (χ2v) is 1.97. The van der Waals surface area contributed by atoms with Crippen LogP contribution in [0.4, 0.5) is 0 Å². The Balaban J connectivity index is 3.61. The highest BCUT2D eigenvalue weighted by Gasteiger charge is 1.88. The fourth-order valence-electron chi connectivity index (χ4n) is 0.577. The Labute approximate surface area is 56.8 Å². The molecule has 0 heterocycles. The lowest BCUT2D eigenvalue weighted by Gasteiger charge is -1.89. The Morgan fingerprint density at radius 3 is 2.56 bits per heavy atom. The molecule has 0 aromatic carbocycles. The third-order valence-electron chi connectivity index (χ3n) is 1.19. The van der Waals surface area contributed by atoms with Crippen LogP contribution >= 0.6 is 0 Å². The summed E-state index contributed by atoms with van der Waals surface area (Å²) in [6.07, 6.45) is 6.76. The summed E-state index contributed by atoms with van der Waals surface area (Å²) in [7, 11) is 0. The van der Waals surface area contributed by atoms with E-state index in [4.69, 9.17) is 0 Å². The average molecular weight is 125 g/mol. The molecule has 0 amide bonds. The van der Waals surface area contributed by atoms with E-state index < -0.39 is 0 Å². The Morgan fingerprint density at radius 1 is 1.56 bits per heavy atom. The summed E-state index contributed by atoms with van der Waals surface area (Å²) >= 11 is 0. The molecule has 9 heavy (non-hydrogen) atoms. The maximum absolute atomic E-state index is 10.0. The van der Waals surface area contributed by atoms with E-state index in [2.05, 4.69) is 6.92 Å². The molecule has 0 rings (SSSR count). The number of carbonyl (C=O) groups excluding carboxylic acids is 1. The van der Waals surface area contributed by atoms with Crippen LogP contribution in [-0.4, -0.2) is 6.29 Å². The molecule has 0 unspecified atom stereocenters. The minimum Gasteiger partial charge on any atom is -0.285 e. The van der Waals surface area contributed by atoms with Gasteiger partial charge in [0.05, 0.1) is 0 Å². The second-order valence-electron chi connectivity index (χ2n) is 1.97. The first-order valence-corrected chi connectivity index (χ1v) is 3.42. The van der Waals surface area contributed by atoms with Gasteiger partial charge in [-0.25, -0.2) is 0 Å². The standard InChI is InChI=1S/C8H13O/c1-3-5-6-8(4-2)7-9/h6H,3-5H2,1-2H3. The Bertz CT molecular complexity index is 103. The molecule has 51 valence electrons. The van der Waals surface area contributed by atoms with Gasteiger partial charge in [-0.1, -0.05) is 26.3 Å². The lowest BCUT2D eigenvalue weighted by atomic mass is 10.2. The monoisotopic (exact) mass is 125 g/mol. The van der Waals surface area contributed by atoms with Gasteiger partial charge < -0.3 is 0 Å². The van der Waals surface area contributed by atoms with Crippen molar-refractivity contribution in [3.8, 4) is 0 Å². The molecule has 0 aliphatic rings. The van der Waals surface area contributed by atoms with Crippen LogP contribution < -0.4 is 0 Å². The summed E-state index contributed by atoms with van der Waals surface area (Å²) in [5.74, 6) is 0. The number of rotatable bonds is 4. The van der Waals surface area contributed by atoms with E-state index in [9.17, 15) is 4.79 Å². The third-order valence-corrected chi connectivity index (χ3v) is 1.19. The lowest BCUT2D eigenvalue weighted by molar-refractivity contribution is 0.560. The van der Waals surface area contributed by atoms with Crippen LogP contribution in [0.3, 0.4) is 0 Å². The van der Waals surface area contributed by atoms with Crippen molar-refractivity contribution in [2.45, 2.75) is 33.1 Å². The maximum Gasteiger partial charge on any atom is 0.228 e. The van der Waals surface area contributed by atoms with Gasteiger partial charge in [-0.2, -0.15) is 0 Å². The molecular weight excluding hydrogens is 112 g/mol. The number of hydrogen-bond acceptors (Lipinski definition) is 1. The van der Waals surface area contributed by atoms with Crippen LogP contribution in [0.2, 0.25) is 0 Å². The van der Waals surface area contributed by atoms with Crippen molar-refractivity contribution in [3.63, 3.8) is 0 Å². The van der Waals surface area contributed by atoms with Crippen LogP contribution in [0, 0.1) is 0 Å². The molecule has 0 aliphatic heterocycles. The smallest absolute Gasteiger partial charge is 0.228 e. The van der Waals surface area contributed by atoms with Crippen molar-refractivity contribution in [1.82, 2.24) is 0 Å². The molecule has 0 aliphatic carbocycles. The SMILES string of the molecule is CCCC=C([C]=O)CC. The highest BCUT2D eigenvalue weighted by atomic mass is 16.1. The largest absolute Gasteiger partial charge is 0.285 e. The van der Waals surface area contributed by atoms with E-state index in [1.165, 1.54) is 0 Å². The number of hydrogen-bond donors (Lipinski definition) is 0. The van der Waals surface area contributed by atoms with Gasteiger partial charge in [0.1, 0.15) is 0 Å². The Morgan fingerprint density at radius 2 is 2.22 bits per heavy atom. The molecule has 0 atom stereocenters. The van der Waals surface area contributed by atoms with Gasteiger partial charge in [-0.05, 0) is 18.4 Å². The van der Waals surface area contributed by atoms with Crippen LogP contribution in [0.15, 0.2) is 11.6 Å². The average Bonchev–Trinajstić information content (AvgIpc) is 1.91. The highest BCUT2D eigenvalue weighted by Crippen LogP contribution is 1.99. The van der Waals surface area contributed by atoms with Crippen LogP contribution in [0.5, 0.6) is 0 Å². The van der Waals surface area contributed by atoms with E-state index in [1.54, 1.807) is 0 Å². The zero-order valence-corrected chi connectivity index (χ0v) is 6.11. The molecule has 1 nitrogen and oxygen atoms in total. The van der Waals surface area contributed by atoms with Crippen molar-refractivity contribution in [2.75, 3.05) is 0 Å². The summed E-state index contributed by atoms with van der Waals surface area (Å²) in [5, 5.41) is 0. The normalized spacial score (nSPS) is 11.6. The van der Waals surface area contributed by atoms with Crippen LogP contribution in [-0.2, 0) is 4.79 Å². The van der Waals surface area contributed by atoms with Crippen molar-refractivity contribution in [1.29, 1.82) is 0 Å². The van der Waals surface area contributed by atoms with Crippen LogP contribution in [0.25, 0.3) is 0 Å². The lowest BCUT2D eigenvalue weighted by Crippen LogP contribution is -1.80. The molecule has 0 saturated heterocycles. The Kier molecular flexibility index (Phi) is 5.18. The second kappa shape index (κ2) is 5.54. The first-order chi connectivity index (χ1) is 4.35. The molecule has 0 aromatic heterocycles. The fraction of sp³-hybridized carbons (Fsp3) is 0.625. The van der Waals surface area contributed by atoms with Gasteiger partial charge in [-0.3, -0.25) is 4.79 Å². The van der Waals surface area contributed by atoms with E-state index >= 15 is 0 Å². The molecule has 0 N–H and O–H groups in total. The molecule has 1 heteroatoms. The van der Waals surface area contributed by atoms with Crippen molar-refractivity contribution < 1.29 is 4.79 Å². The highest BCUT2D eigenvalue weighted by molar-refractivity contribution is 5.73.